The number of nitrogens with one attached hydrogen (secondary N) is 2. The summed E-state index contributed by atoms with van der Waals surface area (Å²) in [6.07, 6.45) is 22.2. The minimum atomic E-state index is 0.255. The third-order valence-electron chi connectivity index (χ3n) is 5.62. The van der Waals surface area contributed by atoms with Crippen LogP contribution in [0.5, 0.6) is 0 Å². The molecule has 1 atom stereocenters. The molecule has 1 unspecified atom stereocenters. The topological polar surface area (TPSA) is 62.7 Å². The summed E-state index contributed by atoms with van der Waals surface area (Å²) < 4.78 is 0. The van der Waals surface area contributed by atoms with Crippen LogP contribution in [0.2, 0.25) is 5.28 Å². The maximum atomic E-state index is 6.19. The molecule has 1 aromatic heterocycles. The molecule has 1 heterocycles. The fourth-order valence-electron chi connectivity index (χ4n) is 4.06. The number of allylic oxidation sites excluding steroid dienone is 1. The highest BCUT2D eigenvalue weighted by Gasteiger charge is 2.15. The van der Waals surface area contributed by atoms with Gasteiger partial charge >= 0.3 is 0 Å². The predicted octanol–water partition coefficient (Wildman–Crippen LogP) is 6.13. The molecule has 1 fully saturated rings. The molecule has 27 heavy (non-hydrogen) atoms. The van der Waals surface area contributed by atoms with Gasteiger partial charge in [-0.05, 0) is 43.7 Å². The first-order chi connectivity index (χ1) is 13.3. The lowest BCUT2D eigenvalue weighted by molar-refractivity contribution is 0.559. The summed E-state index contributed by atoms with van der Waals surface area (Å²) in [6.45, 7) is 0. The van der Waals surface area contributed by atoms with Crippen molar-refractivity contribution in [3.8, 4) is 0 Å². The van der Waals surface area contributed by atoms with Crippen molar-refractivity contribution in [3.63, 3.8) is 0 Å². The molecule has 0 aliphatic heterocycles. The van der Waals surface area contributed by atoms with Gasteiger partial charge in [0.15, 0.2) is 0 Å². The number of rotatable bonds is 4. The Balaban J connectivity index is 1.62. The SMILES string of the molecule is Clc1nc(NC2/C=C\CCCCCC2)nc(NC2CCCCCCCC2)n1. The zero-order valence-electron chi connectivity index (χ0n) is 16.4. The molecule has 0 bridgehead atoms. The van der Waals surface area contributed by atoms with Gasteiger partial charge in [-0.3, -0.25) is 0 Å². The summed E-state index contributed by atoms with van der Waals surface area (Å²) >= 11 is 6.19. The summed E-state index contributed by atoms with van der Waals surface area (Å²) in [5.41, 5.74) is 0. The Morgan fingerprint density at radius 3 is 2.04 bits per heavy atom. The molecule has 3 rings (SSSR count). The van der Waals surface area contributed by atoms with E-state index in [9.17, 15) is 0 Å². The van der Waals surface area contributed by atoms with Gasteiger partial charge in [0, 0.05) is 12.1 Å². The normalized spacial score (nSPS) is 24.4. The maximum absolute atomic E-state index is 6.19. The van der Waals surface area contributed by atoms with Crippen LogP contribution in [0.25, 0.3) is 0 Å². The average Bonchev–Trinajstić information content (AvgIpc) is 2.85. The lowest BCUT2D eigenvalue weighted by Gasteiger charge is -2.19. The molecular weight excluding hydrogens is 358 g/mol. The minimum Gasteiger partial charge on any atom is -0.351 e. The second kappa shape index (κ2) is 11.5. The number of halogens is 1. The molecule has 1 aromatic rings. The summed E-state index contributed by atoms with van der Waals surface area (Å²) in [6, 6.07) is 0.693. The van der Waals surface area contributed by atoms with E-state index in [1.807, 2.05) is 0 Å². The molecule has 0 spiro atoms. The van der Waals surface area contributed by atoms with E-state index < -0.39 is 0 Å². The van der Waals surface area contributed by atoms with Gasteiger partial charge in [0.1, 0.15) is 0 Å². The van der Waals surface area contributed by atoms with Gasteiger partial charge in [-0.2, -0.15) is 15.0 Å². The Kier molecular flexibility index (Phi) is 8.66. The molecule has 0 radical (unpaired) electrons. The summed E-state index contributed by atoms with van der Waals surface area (Å²) in [4.78, 5) is 13.2. The zero-order chi connectivity index (χ0) is 18.7. The fourth-order valence-corrected chi connectivity index (χ4v) is 4.22. The van der Waals surface area contributed by atoms with Crippen molar-refractivity contribution in [2.75, 3.05) is 10.6 Å². The first-order valence-corrected chi connectivity index (χ1v) is 11.3. The standard InChI is InChI=1S/C21H34ClN5/c22-19-25-20(23-17-13-9-5-1-2-6-10-14-17)27-21(26-19)24-18-15-11-7-3-4-8-12-16-18/h9,13,17-18H,1-8,10-12,14-16H2,(H2,23,24,25,26,27)/b13-9-. The number of hydrogen-bond donors (Lipinski definition) is 2. The van der Waals surface area contributed by atoms with Crippen molar-refractivity contribution < 1.29 is 0 Å². The van der Waals surface area contributed by atoms with Crippen LogP contribution in [0.3, 0.4) is 0 Å². The van der Waals surface area contributed by atoms with Crippen LogP contribution in [-0.2, 0) is 0 Å². The Morgan fingerprint density at radius 1 is 0.704 bits per heavy atom. The van der Waals surface area contributed by atoms with Crippen LogP contribution >= 0.6 is 11.6 Å². The van der Waals surface area contributed by atoms with Gasteiger partial charge in [-0.15, -0.1) is 0 Å². The average molecular weight is 392 g/mol. The van der Waals surface area contributed by atoms with Crippen LogP contribution in [0.15, 0.2) is 12.2 Å². The molecular formula is C21H34ClN5. The zero-order valence-corrected chi connectivity index (χ0v) is 17.2. The quantitative estimate of drug-likeness (QED) is 0.604. The lowest BCUT2D eigenvalue weighted by Crippen LogP contribution is -2.23. The highest BCUT2D eigenvalue weighted by atomic mass is 35.5. The van der Waals surface area contributed by atoms with E-state index in [1.54, 1.807) is 0 Å². The monoisotopic (exact) mass is 391 g/mol. The van der Waals surface area contributed by atoms with Crippen molar-refractivity contribution >= 4 is 23.5 Å². The Morgan fingerprint density at radius 2 is 1.30 bits per heavy atom. The molecule has 0 amide bonds. The van der Waals surface area contributed by atoms with Gasteiger partial charge in [0.2, 0.25) is 17.2 Å². The third kappa shape index (κ3) is 7.65. The first-order valence-electron chi connectivity index (χ1n) is 10.9. The van der Waals surface area contributed by atoms with E-state index >= 15 is 0 Å². The van der Waals surface area contributed by atoms with E-state index in [-0.39, 0.29) is 11.3 Å². The van der Waals surface area contributed by atoms with E-state index in [1.165, 1.54) is 77.0 Å². The first kappa shape index (κ1) is 20.4. The lowest BCUT2D eigenvalue weighted by atomic mass is 10.1. The Bertz CT molecular complexity index is 582. The molecule has 6 heteroatoms. The van der Waals surface area contributed by atoms with Gasteiger partial charge < -0.3 is 10.6 Å². The van der Waals surface area contributed by atoms with Crippen molar-refractivity contribution in [1.29, 1.82) is 0 Å². The number of anilines is 2. The number of hydrogen-bond acceptors (Lipinski definition) is 5. The van der Waals surface area contributed by atoms with E-state index in [4.69, 9.17) is 11.6 Å². The smallest absolute Gasteiger partial charge is 0.229 e. The second-order valence-corrected chi connectivity index (χ2v) is 8.30. The van der Waals surface area contributed by atoms with Gasteiger partial charge in [-0.1, -0.05) is 69.9 Å². The van der Waals surface area contributed by atoms with Gasteiger partial charge in [-0.25, -0.2) is 0 Å². The molecule has 1 saturated carbocycles. The molecule has 0 saturated heterocycles. The minimum absolute atomic E-state index is 0.255. The number of aromatic nitrogens is 3. The van der Waals surface area contributed by atoms with E-state index in [0.717, 1.165) is 12.8 Å². The van der Waals surface area contributed by atoms with Crippen molar-refractivity contribution in [2.24, 2.45) is 0 Å². The molecule has 2 aliphatic carbocycles. The van der Waals surface area contributed by atoms with Crippen LogP contribution in [0.4, 0.5) is 11.9 Å². The molecule has 2 N–H and O–H groups in total. The summed E-state index contributed by atoms with van der Waals surface area (Å²) in [5, 5.41) is 7.23. The fraction of sp³-hybridized carbons (Fsp3) is 0.762. The van der Waals surface area contributed by atoms with Crippen LogP contribution in [-0.4, -0.2) is 27.0 Å². The summed E-state index contributed by atoms with van der Waals surface area (Å²) in [7, 11) is 0. The van der Waals surface area contributed by atoms with Crippen molar-refractivity contribution in [3.05, 3.63) is 17.4 Å². The number of nitrogens with zero attached hydrogens (tertiary/aromatic N) is 3. The highest BCUT2D eigenvalue weighted by Crippen LogP contribution is 2.21. The van der Waals surface area contributed by atoms with E-state index in [0.29, 0.717) is 17.9 Å². The van der Waals surface area contributed by atoms with Crippen molar-refractivity contribution in [1.82, 2.24) is 15.0 Å². The maximum Gasteiger partial charge on any atom is 0.229 e. The second-order valence-electron chi connectivity index (χ2n) is 7.96. The molecule has 0 aromatic carbocycles. The Hall–Kier alpha value is -1.36. The van der Waals surface area contributed by atoms with Gasteiger partial charge in [0.25, 0.3) is 0 Å². The van der Waals surface area contributed by atoms with Crippen LogP contribution in [0, 0.1) is 0 Å². The summed E-state index contributed by atoms with van der Waals surface area (Å²) in [5.74, 6) is 1.18. The van der Waals surface area contributed by atoms with Crippen LogP contribution < -0.4 is 10.6 Å². The molecule has 5 nitrogen and oxygen atoms in total. The predicted molar refractivity (Wildman–Crippen MR) is 113 cm³/mol. The van der Waals surface area contributed by atoms with Gasteiger partial charge in [0.05, 0.1) is 0 Å². The Labute approximate surface area is 168 Å². The largest absolute Gasteiger partial charge is 0.351 e. The van der Waals surface area contributed by atoms with Crippen LogP contribution in [0.1, 0.15) is 89.9 Å². The highest BCUT2D eigenvalue weighted by molar-refractivity contribution is 6.28. The molecule has 2 aliphatic rings. The third-order valence-corrected chi connectivity index (χ3v) is 5.78. The molecule has 150 valence electrons. The van der Waals surface area contributed by atoms with Crippen molar-refractivity contribution in [2.45, 2.75) is 102 Å². The van der Waals surface area contributed by atoms with E-state index in [2.05, 4.69) is 37.7 Å².